The van der Waals surface area contributed by atoms with Crippen LogP contribution < -0.4 is 0 Å². The molecule has 4 atom stereocenters. The molecule has 2 bridgehead atoms. The Morgan fingerprint density at radius 1 is 1.24 bits per heavy atom. The van der Waals surface area contributed by atoms with Gasteiger partial charge in [0.1, 0.15) is 17.0 Å². The maximum atomic E-state index is 13.8. The van der Waals surface area contributed by atoms with Gasteiger partial charge in [0.2, 0.25) is 0 Å². The zero-order chi connectivity index (χ0) is 20.4. The average Bonchev–Trinajstić information content (AvgIpc) is 3.30. The smallest absolute Gasteiger partial charge is 0.334 e. The monoisotopic (exact) mass is 419 g/mol. The minimum atomic E-state index is -0.880. The van der Waals surface area contributed by atoms with E-state index in [1.165, 1.54) is 37.8 Å². The van der Waals surface area contributed by atoms with Gasteiger partial charge in [-0.05, 0) is 79.4 Å². The fourth-order valence-electron chi connectivity index (χ4n) is 5.17. The number of carboxylic acid groups (broad SMARTS) is 1. The molecule has 1 heterocycles. The molecular formula is C23H27F2NO2S. The van der Waals surface area contributed by atoms with Gasteiger partial charge in [-0.25, -0.2) is 13.6 Å². The Hall–Kier alpha value is -1.82. The second-order valence-corrected chi connectivity index (χ2v) is 9.65. The third-order valence-electron chi connectivity index (χ3n) is 6.58. The van der Waals surface area contributed by atoms with Gasteiger partial charge in [-0.15, -0.1) is 11.8 Å². The highest BCUT2D eigenvalue weighted by Gasteiger charge is 2.41. The quantitative estimate of drug-likeness (QED) is 0.586. The van der Waals surface area contributed by atoms with Crippen molar-refractivity contribution in [2.45, 2.75) is 43.9 Å². The first-order valence-corrected chi connectivity index (χ1v) is 11.5. The molecule has 156 valence electrons. The molecule has 0 saturated heterocycles. The second kappa shape index (κ2) is 8.90. The van der Waals surface area contributed by atoms with Crippen LogP contribution >= 0.6 is 11.8 Å². The van der Waals surface area contributed by atoms with Crippen molar-refractivity contribution in [3.8, 4) is 0 Å². The van der Waals surface area contributed by atoms with Crippen molar-refractivity contribution in [1.82, 2.24) is 4.90 Å². The normalized spacial score (nSPS) is 28.1. The number of allylic oxidation sites excluding steroid dienone is 2. The molecule has 4 unspecified atom stereocenters. The van der Waals surface area contributed by atoms with Crippen LogP contribution in [0.3, 0.4) is 0 Å². The van der Waals surface area contributed by atoms with Gasteiger partial charge in [-0.2, -0.15) is 0 Å². The highest BCUT2D eigenvalue weighted by atomic mass is 32.2. The van der Waals surface area contributed by atoms with Gasteiger partial charge in [-0.3, -0.25) is 0 Å². The van der Waals surface area contributed by atoms with E-state index >= 15 is 0 Å². The molecule has 29 heavy (non-hydrogen) atoms. The number of rotatable bonds is 8. The molecule has 2 aliphatic carbocycles. The van der Waals surface area contributed by atoms with E-state index in [9.17, 15) is 18.7 Å². The predicted octanol–water partition coefficient (Wildman–Crippen LogP) is 5.23. The molecule has 1 N–H and O–H groups in total. The zero-order valence-corrected chi connectivity index (χ0v) is 17.2. The summed E-state index contributed by atoms with van der Waals surface area (Å²) in [6.07, 6.45) is 12.1. The minimum Gasteiger partial charge on any atom is -0.478 e. The fraction of sp³-hybridized carbons (Fsp3) is 0.522. The minimum absolute atomic E-state index is 0.213. The number of thioether (sulfide) groups is 1. The molecule has 0 spiro atoms. The number of hydrogen-bond donors (Lipinski definition) is 1. The van der Waals surface area contributed by atoms with Crippen molar-refractivity contribution in [3.05, 3.63) is 59.3 Å². The van der Waals surface area contributed by atoms with Crippen LogP contribution in [-0.4, -0.2) is 33.6 Å². The lowest BCUT2D eigenvalue weighted by atomic mass is 9.88. The van der Waals surface area contributed by atoms with E-state index in [1.807, 2.05) is 12.3 Å². The van der Waals surface area contributed by atoms with Crippen LogP contribution in [0.15, 0.2) is 42.1 Å². The van der Waals surface area contributed by atoms with Crippen LogP contribution in [-0.2, 0) is 11.2 Å². The highest BCUT2D eigenvalue weighted by molar-refractivity contribution is 8.00. The number of aliphatic carboxylic acids is 1. The molecule has 1 aromatic rings. The van der Waals surface area contributed by atoms with Crippen LogP contribution in [0.4, 0.5) is 8.78 Å². The van der Waals surface area contributed by atoms with E-state index in [0.29, 0.717) is 35.6 Å². The van der Waals surface area contributed by atoms with Crippen LogP contribution in [0.1, 0.15) is 37.7 Å². The lowest BCUT2D eigenvalue weighted by Crippen LogP contribution is -2.39. The van der Waals surface area contributed by atoms with E-state index < -0.39 is 17.6 Å². The second-order valence-electron chi connectivity index (χ2n) is 8.46. The van der Waals surface area contributed by atoms with E-state index in [1.54, 1.807) is 17.8 Å². The summed E-state index contributed by atoms with van der Waals surface area (Å²) in [5.74, 6) is 1.07. The Morgan fingerprint density at radius 2 is 2.10 bits per heavy atom. The third kappa shape index (κ3) is 4.68. The molecule has 4 rings (SSSR count). The number of carbonyl (C=O) groups is 1. The number of aryl methyl sites for hydroxylation is 1. The van der Waals surface area contributed by atoms with Crippen molar-refractivity contribution < 1.29 is 18.7 Å². The molecule has 6 heteroatoms. The molecule has 1 aromatic carbocycles. The standard InChI is InChI=1S/C23H27F2NO2S/c24-19-8-7-16(21(25)13-19)3-2-10-29-22-20(23(27)28)4-1-9-26(22)14-18-12-15-5-6-17(18)11-15/h1,4,7-9,13,15,17-18,22H,2-3,5-6,10-12,14H2,(H,27,28). The first kappa shape index (κ1) is 20.5. The molecule has 0 radical (unpaired) electrons. The molecule has 2 fully saturated rings. The molecule has 1 aliphatic heterocycles. The predicted molar refractivity (Wildman–Crippen MR) is 111 cm³/mol. The number of halogens is 2. The maximum absolute atomic E-state index is 13.8. The van der Waals surface area contributed by atoms with Gasteiger partial charge in [-0.1, -0.05) is 12.5 Å². The Labute approximate surface area is 174 Å². The van der Waals surface area contributed by atoms with E-state index in [4.69, 9.17) is 0 Å². The molecular weight excluding hydrogens is 392 g/mol. The third-order valence-corrected chi connectivity index (χ3v) is 7.94. The van der Waals surface area contributed by atoms with Gasteiger partial charge >= 0.3 is 5.97 Å². The van der Waals surface area contributed by atoms with Crippen molar-refractivity contribution in [2.75, 3.05) is 12.3 Å². The number of nitrogens with zero attached hydrogens (tertiary/aromatic N) is 1. The van der Waals surface area contributed by atoms with Gasteiger partial charge < -0.3 is 10.0 Å². The first-order chi connectivity index (χ1) is 14.0. The van der Waals surface area contributed by atoms with Crippen LogP contribution in [0, 0.1) is 29.4 Å². The Kier molecular flexibility index (Phi) is 6.28. The zero-order valence-electron chi connectivity index (χ0n) is 16.4. The average molecular weight is 420 g/mol. The summed E-state index contributed by atoms with van der Waals surface area (Å²) in [7, 11) is 0. The largest absolute Gasteiger partial charge is 0.478 e. The van der Waals surface area contributed by atoms with Crippen LogP contribution in [0.2, 0.25) is 0 Å². The lowest BCUT2D eigenvalue weighted by Gasteiger charge is -2.36. The Balaban J connectivity index is 1.35. The molecule has 0 aromatic heterocycles. The molecule has 3 aliphatic rings. The van der Waals surface area contributed by atoms with Crippen molar-refractivity contribution >= 4 is 17.7 Å². The summed E-state index contributed by atoms with van der Waals surface area (Å²) >= 11 is 1.60. The molecule has 3 nitrogen and oxygen atoms in total. The number of fused-ring (bicyclic) bond motifs is 2. The van der Waals surface area contributed by atoms with Gasteiger partial charge in [0.15, 0.2) is 0 Å². The molecule has 0 amide bonds. The van der Waals surface area contributed by atoms with Crippen LogP contribution in [0.25, 0.3) is 0 Å². The van der Waals surface area contributed by atoms with Crippen molar-refractivity contribution in [2.24, 2.45) is 17.8 Å². The number of hydrogen-bond acceptors (Lipinski definition) is 3. The van der Waals surface area contributed by atoms with Gasteiger partial charge in [0.05, 0.1) is 5.57 Å². The Morgan fingerprint density at radius 3 is 2.79 bits per heavy atom. The van der Waals surface area contributed by atoms with E-state index in [2.05, 4.69) is 4.90 Å². The SMILES string of the molecule is O=C(O)C1=CC=CN(CC2CC3CCC2C3)C1SCCCc1ccc(F)cc1F. The van der Waals surface area contributed by atoms with Crippen molar-refractivity contribution in [1.29, 1.82) is 0 Å². The van der Waals surface area contributed by atoms with Crippen molar-refractivity contribution in [3.63, 3.8) is 0 Å². The summed E-state index contributed by atoms with van der Waals surface area (Å²) in [4.78, 5) is 14.0. The summed E-state index contributed by atoms with van der Waals surface area (Å²) < 4.78 is 26.9. The number of benzene rings is 1. The highest BCUT2D eigenvalue weighted by Crippen LogP contribution is 2.49. The maximum Gasteiger partial charge on any atom is 0.334 e. The molecule has 2 saturated carbocycles. The lowest BCUT2D eigenvalue weighted by molar-refractivity contribution is -0.133. The number of carboxylic acids is 1. The topological polar surface area (TPSA) is 40.5 Å². The van der Waals surface area contributed by atoms with Gasteiger partial charge in [0.25, 0.3) is 0 Å². The van der Waals surface area contributed by atoms with E-state index in [0.717, 1.165) is 24.4 Å². The summed E-state index contributed by atoms with van der Waals surface area (Å²) in [6.45, 7) is 0.909. The summed E-state index contributed by atoms with van der Waals surface area (Å²) in [5, 5.41) is 9.45. The fourth-order valence-corrected chi connectivity index (χ4v) is 6.41. The van der Waals surface area contributed by atoms with Gasteiger partial charge in [0, 0.05) is 18.8 Å². The summed E-state index contributed by atoms with van der Waals surface area (Å²) in [5.41, 5.74) is 0.914. The van der Waals surface area contributed by atoms with E-state index in [-0.39, 0.29) is 5.37 Å². The first-order valence-electron chi connectivity index (χ1n) is 10.4. The Bertz CT molecular complexity index is 825. The summed E-state index contributed by atoms with van der Waals surface area (Å²) in [6, 6.07) is 3.68. The van der Waals surface area contributed by atoms with Crippen LogP contribution in [0.5, 0.6) is 0 Å².